The van der Waals surface area contributed by atoms with E-state index in [2.05, 4.69) is 20.5 Å². The van der Waals surface area contributed by atoms with Crippen LogP contribution >= 0.6 is 0 Å². The summed E-state index contributed by atoms with van der Waals surface area (Å²) in [5.74, 6) is 0.701. The van der Waals surface area contributed by atoms with Gasteiger partial charge >= 0.3 is 0 Å². The van der Waals surface area contributed by atoms with Gasteiger partial charge in [-0.25, -0.2) is 0 Å². The van der Waals surface area contributed by atoms with Crippen molar-refractivity contribution in [3.63, 3.8) is 0 Å². The molecule has 10 nitrogen and oxygen atoms in total. The molecule has 2 aromatic rings. The third kappa shape index (κ3) is 4.12. The molecular formula is C22H27N5O5. The number of amides is 3. The van der Waals surface area contributed by atoms with Crippen molar-refractivity contribution in [1.29, 1.82) is 0 Å². The van der Waals surface area contributed by atoms with Crippen LogP contribution in [0, 0.1) is 0 Å². The van der Waals surface area contributed by atoms with E-state index in [0.717, 1.165) is 0 Å². The third-order valence-corrected chi connectivity index (χ3v) is 5.73. The molecule has 0 aromatic carbocycles. The van der Waals surface area contributed by atoms with Crippen LogP contribution in [0.5, 0.6) is 5.88 Å². The van der Waals surface area contributed by atoms with Crippen LogP contribution < -0.4 is 20.3 Å². The predicted octanol–water partition coefficient (Wildman–Crippen LogP) is 1.67. The molecule has 0 spiro atoms. The van der Waals surface area contributed by atoms with Gasteiger partial charge in [0.1, 0.15) is 23.5 Å². The molecule has 1 fully saturated rings. The van der Waals surface area contributed by atoms with E-state index in [-0.39, 0.29) is 28.8 Å². The molecule has 1 saturated heterocycles. The van der Waals surface area contributed by atoms with E-state index in [1.165, 1.54) is 13.4 Å². The number of hydrogen-bond acceptors (Lipinski definition) is 7. The number of furan rings is 1. The lowest BCUT2D eigenvalue weighted by Crippen LogP contribution is -2.49. The maximum absolute atomic E-state index is 12.9. The van der Waals surface area contributed by atoms with E-state index in [1.807, 2.05) is 13.8 Å². The summed E-state index contributed by atoms with van der Waals surface area (Å²) in [5, 5.41) is 5.66. The van der Waals surface area contributed by atoms with Crippen LogP contribution in [0.3, 0.4) is 0 Å². The molecular weight excluding hydrogens is 414 g/mol. The summed E-state index contributed by atoms with van der Waals surface area (Å²) in [7, 11) is 1.48. The van der Waals surface area contributed by atoms with Crippen LogP contribution in [-0.4, -0.2) is 66.4 Å². The fourth-order valence-electron chi connectivity index (χ4n) is 4.06. The Balaban J connectivity index is 1.51. The smallest absolute Gasteiger partial charge is 0.259 e. The van der Waals surface area contributed by atoms with Gasteiger partial charge in [0.25, 0.3) is 11.8 Å². The first-order valence-electron chi connectivity index (χ1n) is 10.5. The van der Waals surface area contributed by atoms with Gasteiger partial charge in [0, 0.05) is 45.1 Å². The Kier molecular flexibility index (Phi) is 5.53. The number of methoxy groups -OCH3 is 1. The average Bonchev–Trinajstić information content (AvgIpc) is 3.17. The van der Waals surface area contributed by atoms with Gasteiger partial charge in [-0.3, -0.25) is 14.4 Å². The minimum Gasteiger partial charge on any atom is -0.479 e. The number of piperazine rings is 1. The normalized spacial score (nSPS) is 17.4. The number of nitrogens with zero attached hydrogens (tertiary/aromatic N) is 3. The van der Waals surface area contributed by atoms with Crippen LogP contribution in [-0.2, 0) is 11.2 Å². The lowest BCUT2D eigenvalue weighted by atomic mass is 9.91. The van der Waals surface area contributed by atoms with Gasteiger partial charge in [-0.2, -0.15) is 4.98 Å². The summed E-state index contributed by atoms with van der Waals surface area (Å²) in [6, 6.07) is 3.51. The van der Waals surface area contributed by atoms with Crippen LogP contribution in [0.1, 0.15) is 47.2 Å². The number of hydrogen-bond donors (Lipinski definition) is 2. The maximum Gasteiger partial charge on any atom is 0.259 e. The Labute approximate surface area is 185 Å². The SMILES string of the molecule is COc1nc(N2CCN(C(C)=O)CC2)ccc1NC(=O)c1coc2c1C(=O)NC(C)(C)C2. The van der Waals surface area contributed by atoms with E-state index in [1.54, 1.807) is 24.0 Å². The summed E-state index contributed by atoms with van der Waals surface area (Å²) >= 11 is 0. The summed E-state index contributed by atoms with van der Waals surface area (Å²) in [4.78, 5) is 45.4. The molecule has 0 atom stereocenters. The highest BCUT2D eigenvalue weighted by molar-refractivity contribution is 6.13. The van der Waals surface area contributed by atoms with Gasteiger partial charge in [-0.15, -0.1) is 0 Å². The van der Waals surface area contributed by atoms with Crippen molar-refractivity contribution in [1.82, 2.24) is 15.2 Å². The number of pyridine rings is 1. The lowest BCUT2D eigenvalue weighted by Gasteiger charge is -2.35. The summed E-state index contributed by atoms with van der Waals surface area (Å²) in [6.07, 6.45) is 1.81. The molecule has 0 radical (unpaired) electrons. The molecule has 0 unspecified atom stereocenters. The number of carbonyl (C=O) groups is 3. The standard InChI is InChI=1S/C22H27N5O5/c1-13(28)26-7-9-27(10-8-26)17-6-5-15(21(24-17)31-4)23-19(29)14-12-32-16-11-22(2,3)25-20(30)18(14)16/h5-6,12H,7-11H2,1-4H3,(H,23,29)(H,25,30). The maximum atomic E-state index is 12.9. The molecule has 2 aromatic heterocycles. The predicted molar refractivity (Wildman–Crippen MR) is 117 cm³/mol. The van der Waals surface area contributed by atoms with Crippen LogP contribution in [0.25, 0.3) is 0 Å². The van der Waals surface area contributed by atoms with Crippen molar-refractivity contribution < 1.29 is 23.5 Å². The summed E-state index contributed by atoms with van der Waals surface area (Å²) in [5.41, 5.74) is 0.373. The zero-order chi connectivity index (χ0) is 23.0. The molecule has 2 aliphatic rings. The zero-order valence-electron chi connectivity index (χ0n) is 18.7. The van der Waals surface area contributed by atoms with Crippen molar-refractivity contribution in [2.45, 2.75) is 32.7 Å². The van der Waals surface area contributed by atoms with Crippen molar-refractivity contribution in [3.05, 3.63) is 35.3 Å². The number of fused-ring (bicyclic) bond motifs is 1. The highest BCUT2D eigenvalue weighted by Gasteiger charge is 2.36. The first-order valence-corrected chi connectivity index (χ1v) is 10.5. The van der Waals surface area contributed by atoms with Crippen molar-refractivity contribution in [2.75, 3.05) is 43.5 Å². The second-order valence-corrected chi connectivity index (χ2v) is 8.64. The number of anilines is 2. The quantitative estimate of drug-likeness (QED) is 0.741. The Morgan fingerprint density at radius 2 is 1.94 bits per heavy atom. The fourth-order valence-corrected chi connectivity index (χ4v) is 4.06. The van der Waals surface area contributed by atoms with E-state index in [4.69, 9.17) is 9.15 Å². The number of nitrogens with one attached hydrogen (secondary N) is 2. The minimum atomic E-state index is -0.479. The molecule has 32 heavy (non-hydrogen) atoms. The highest BCUT2D eigenvalue weighted by Crippen LogP contribution is 2.30. The van der Waals surface area contributed by atoms with Crippen molar-refractivity contribution in [2.24, 2.45) is 0 Å². The largest absolute Gasteiger partial charge is 0.479 e. The molecule has 2 aliphatic heterocycles. The molecule has 10 heteroatoms. The Hall–Kier alpha value is -3.56. The van der Waals surface area contributed by atoms with E-state index in [9.17, 15) is 14.4 Å². The van der Waals surface area contributed by atoms with Crippen molar-refractivity contribution in [3.8, 4) is 5.88 Å². The van der Waals surface area contributed by atoms with Gasteiger partial charge in [-0.1, -0.05) is 0 Å². The second kappa shape index (κ2) is 8.18. The first-order chi connectivity index (χ1) is 15.2. The Morgan fingerprint density at radius 1 is 1.22 bits per heavy atom. The van der Waals surface area contributed by atoms with E-state index >= 15 is 0 Å². The average molecular weight is 441 g/mol. The number of carbonyl (C=O) groups excluding carboxylic acids is 3. The summed E-state index contributed by atoms with van der Waals surface area (Å²) < 4.78 is 10.9. The van der Waals surface area contributed by atoms with Gasteiger partial charge in [0.2, 0.25) is 11.8 Å². The third-order valence-electron chi connectivity index (χ3n) is 5.73. The van der Waals surface area contributed by atoms with Gasteiger partial charge in [0.05, 0.1) is 18.2 Å². The first kappa shape index (κ1) is 21.7. The Morgan fingerprint density at radius 3 is 2.59 bits per heavy atom. The number of aromatic nitrogens is 1. The molecule has 0 aliphatic carbocycles. The zero-order valence-corrected chi connectivity index (χ0v) is 18.7. The minimum absolute atomic E-state index is 0.0620. The monoisotopic (exact) mass is 441 g/mol. The molecule has 170 valence electrons. The topological polar surface area (TPSA) is 117 Å². The number of rotatable bonds is 4. The fraction of sp³-hybridized carbons (Fsp3) is 0.455. The van der Waals surface area contributed by atoms with Crippen LogP contribution in [0.4, 0.5) is 11.5 Å². The molecule has 3 amide bonds. The van der Waals surface area contributed by atoms with E-state index < -0.39 is 11.4 Å². The summed E-state index contributed by atoms with van der Waals surface area (Å²) in [6.45, 7) is 7.94. The van der Waals surface area contributed by atoms with Crippen LogP contribution in [0.15, 0.2) is 22.8 Å². The van der Waals surface area contributed by atoms with Gasteiger partial charge in [0.15, 0.2) is 0 Å². The second-order valence-electron chi connectivity index (χ2n) is 8.64. The Bertz CT molecular complexity index is 1070. The lowest BCUT2D eigenvalue weighted by molar-refractivity contribution is -0.129. The van der Waals surface area contributed by atoms with Gasteiger partial charge < -0.3 is 29.6 Å². The van der Waals surface area contributed by atoms with Gasteiger partial charge in [-0.05, 0) is 26.0 Å². The highest BCUT2D eigenvalue weighted by atomic mass is 16.5. The van der Waals surface area contributed by atoms with Crippen LogP contribution in [0.2, 0.25) is 0 Å². The molecule has 4 rings (SSSR count). The molecule has 0 bridgehead atoms. The molecule has 0 saturated carbocycles. The van der Waals surface area contributed by atoms with Crippen molar-refractivity contribution >= 4 is 29.2 Å². The molecule has 4 heterocycles. The number of ether oxygens (including phenoxy) is 1. The molecule has 2 N–H and O–H groups in total. The van der Waals surface area contributed by atoms with E-state index in [0.29, 0.717) is 49.9 Å².